The fraction of sp³-hybridized carbons (Fsp3) is 0.538. The zero-order chi connectivity index (χ0) is 52.7. The number of carbonyl (C=O) groups is 6. The van der Waals surface area contributed by atoms with Crippen molar-refractivity contribution in [3.8, 4) is 0 Å². The number of unbranched alkanes of at least 4 members (excludes halogenated alkanes) is 3. The molecule has 0 fully saturated rings. The standard InChI is InChI=1S/C52H79N9O9/c1-47(2,3)68-44(65)50(56,28-10-13-31-53)41(62)59-37-22-16-34(17-23-37)40(35-18-24-38(25-19-35)60-42(63)51(57,29-11-14-32-54)45(66)69-48(4,5)6)36-20-26-39(27-21-36)61-43(64)52(58,30-12-15-33-55)46(67)70-49(7,8)9/h16-27,40H,10-15,28-33,53-58H2,1-9H3,(H,59,62)(H,60,63)(H,61,64)/t50-,51-,52-/m0/s1. The summed E-state index contributed by atoms with van der Waals surface area (Å²) >= 11 is 0. The van der Waals surface area contributed by atoms with Gasteiger partial charge in [-0.3, -0.25) is 14.4 Å². The van der Waals surface area contributed by atoms with Crippen molar-refractivity contribution in [1.82, 2.24) is 0 Å². The zero-order valence-corrected chi connectivity index (χ0v) is 42.6. The van der Waals surface area contributed by atoms with Gasteiger partial charge in [0.15, 0.2) is 16.6 Å². The number of benzene rings is 3. The number of nitrogens with two attached hydrogens (primary N) is 6. The Kier molecular flexibility index (Phi) is 20.8. The highest BCUT2D eigenvalue weighted by Gasteiger charge is 2.47. The molecule has 0 aliphatic heterocycles. The average Bonchev–Trinajstić information content (AvgIpc) is 3.26. The lowest BCUT2D eigenvalue weighted by Crippen LogP contribution is -2.59. The normalized spacial score (nSPS) is 14.6. The molecule has 0 saturated heterocycles. The quantitative estimate of drug-likeness (QED) is 0.0183. The van der Waals surface area contributed by atoms with Gasteiger partial charge in [0.1, 0.15) is 16.8 Å². The molecule has 3 amide bonds. The second-order valence-electron chi connectivity index (χ2n) is 20.8. The topological polar surface area (TPSA) is 322 Å². The minimum Gasteiger partial charge on any atom is -0.458 e. The lowest BCUT2D eigenvalue weighted by molar-refractivity contribution is -0.165. The van der Waals surface area contributed by atoms with Gasteiger partial charge in [-0.25, -0.2) is 14.4 Å². The molecule has 15 N–H and O–H groups in total. The largest absolute Gasteiger partial charge is 0.458 e. The SMILES string of the molecule is CC(C)(C)OC(=O)[C@](N)(CCCCN)C(=O)Nc1ccc(C(c2ccc(NC(=O)[C@@](N)(CCCCN)C(=O)OC(C)(C)C)cc2)c2ccc(NC(=O)[C@@](N)(CCCCN)C(=O)OC(C)(C)C)cc2)cc1. The number of carbonyl (C=O) groups excluding carboxylic acids is 6. The van der Waals surface area contributed by atoms with Crippen molar-refractivity contribution in [2.45, 2.75) is 159 Å². The first-order valence-electron chi connectivity index (χ1n) is 23.9. The summed E-state index contributed by atoms with van der Waals surface area (Å²) in [5, 5.41) is 8.38. The second kappa shape index (κ2) is 24.9. The first-order chi connectivity index (χ1) is 32.5. The number of ether oxygens (including phenoxy) is 3. The van der Waals surface area contributed by atoms with Gasteiger partial charge in [0, 0.05) is 23.0 Å². The molecule has 0 saturated carbocycles. The van der Waals surface area contributed by atoms with Crippen molar-refractivity contribution in [3.63, 3.8) is 0 Å². The molecule has 70 heavy (non-hydrogen) atoms. The molecule has 0 aliphatic carbocycles. The summed E-state index contributed by atoms with van der Waals surface area (Å²) in [4.78, 5) is 81.4. The van der Waals surface area contributed by atoms with E-state index in [-0.39, 0.29) is 19.3 Å². The number of nitrogens with one attached hydrogen (secondary N) is 3. The summed E-state index contributed by atoms with van der Waals surface area (Å²) in [6, 6.07) is 20.9. The molecule has 3 aromatic rings. The number of esters is 3. The van der Waals surface area contributed by atoms with E-state index in [0.29, 0.717) is 75.2 Å². The van der Waals surface area contributed by atoms with Crippen molar-refractivity contribution in [2.24, 2.45) is 34.4 Å². The third-order valence-corrected chi connectivity index (χ3v) is 11.1. The summed E-state index contributed by atoms with van der Waals surface area (Å²) in [6.07, 6.45) is 2.96. The van der Waals surface area contributed by atoms with Gasteiger partial charge in [-0.15, -0.1) is 0 Å². The number of rotatable bonds is 24. The van der Waals surface area contributed by atoms with Crippen LogP contribution in [0.5, 0.6) is 0 Å². The highest BCUT2D eigenvalue weighted by Crippen LogP contribution is 2.35. The molecular weight excluding hydrogens is 895 g/mol. The average molecular weight is 974 g/mol. The Morgan fingerprint density at radius 1 is 0.400 bits per heavy atom. The number of amides is 3. The lowest BCUT2D eigenvalue weighted by atomic mass is 9.84. The Balaban J connectivity index is 2.07. The number of anilines is 3. The Hall–Kier alpha value is -5.76. The maximum Gasteiger partial charge on any atom is 0.336 e. The van der Waals surface area contributed by atoms with Gasteiger partial charge in [0.25, 0.3) is 17.7 Å². The monoisotopic (exact) mass is 974 g/mol. The van der Waals surface area contributed by atoms with Crippen LogP contribution in [-0.4, -0.2) is 88.7 Å². The van der Waals surface area contributed by atoms with Gasteiger partial charge in [-0.1, -0.05) is 36.4 Å². The third kappa shape index (κ3) is 17.0. The summed E-state index contributed by atoms with van der Waals surface area (Å²) in [5.74, 6) is -5.26. The van der Waals surface area contributed by atoms with E-state index in [2.05, 4.69) is 16.0 Å². The van der Waals surface area contributed by atoms with E-state index in [0.717, 1.165) is 16.7 Å². The molecule has 0 unspecified atom stereocenters. The van der Waals surface area contributed by atoms with Gasteiger partial charge in [0.2, 0.25) is 0 Å². The third-order valence-electron chi connectivity index (χ3n) is 11.1. The Morgan fingerprint density at radius 3 is 0.800 bits per heavy atom. The fourth-order valence-corrected chi connectivity index (χ4v) is 7.26. The van der Waals surface area contributed by atoms with E-state index >= 15 is 0 Å². The zero-order valence-electron chi connectivity index (χ0n) is 42.6. The lowest BCUT2D eigenvalue weighted by Gasteiger charge is -2.30. The maximum atomic E-state index is 13.8. The van der Waals surface area contributed by atoms with Crippen molar-refractivity contribution in [1.29, 1.82) is 0 Å². The van der Waals surface area contributed by atoms with Crippen molar-refractivity contribution in [3.05, 3.63) is 89.5 Å². The van der Waals surface area contributed by atoms with Crippen LogP contribution in [0.2, 0.25) is 0 Å². The van der Waals surface area contributed by atoms with Crippen molar-refractivity contribution in [2.75, 3.05) is 35.6 Å². The van der Waals surface area contributed by atoms with Crippen LogP contribution in [0.25, 0.3) is 0 Å². The van der Waals surface area contributed by atoms with Crippen LogP contribution in [0.15, 0.2) is 72.8 Å². The molecule has 0 spiro atoms. The molecule has 0 aliphatic rings. The fourth-order valence-electron chi connectivity index (χ4n) is 7.26. The minimum atomic E-state index is -1.99. The number of hydrogen-bond donors (Lipinski definition) is 9. The highest BCUT2D eigenvalue weighted by atomic mass is 16.6. The predicted molar refractivity (Wildman–Crippen MR) is 273 cm³/mol. The Bertz CT molecular complexity index is 1980. The van der Waals surface area contributed by atoms with Gasteiger partial charge in [-0.05, 0) is 193 Å². The summed E-state index contributed by atoms with van der Waals surface area (Å²) in [7, 11) is 0. The van der Waals surface area contributed by atoms with E-state index in [1.54, 1.807) is 98.7 Å². The smallest absolute Gasteiger partial charge is 0.336 e. The molecule has 0 aromatic heterocycles. The van der Waals surface area contributed by atoms with E-state index in [4.69, 9.17) is 48.6 Å². The molecule has 0 radical (unpaired) electrons. The first kappa shape index (κ1) is 58.6. The van der Waals surface area contributed by atoms with Gasteiger partial charge in [0.05, 0.1) is 0 Å². The van der Waals surface area contributed by atoms with Crippen LogP contribution in [0.1, 0.15) is 143 Å². The van der Waals surface area contributed by atoms with Crippen LogP contribution in [0.3, 0.4) is 0 Å². The molecule has 0 heterocycles. The van der Waals surface area contributed by atoms with Crippen LogP contribution in [0, 0.1) is 0 Å². The maximum absolute atomic E-state index is 13.8. The van der Waals surface area contributed by atoms with Crippen LogP contribution < -0.4 is 50.4 Å². The predicted octanol–water partition coefficient (Wildman–Crippen LogP) is 5.19. The molecule has 18 nitrogen and oxygen atoms in total. The molecular formula is C52H79N9O9. The molecule has 386 valence electrons. The second-order valence-corrected chi connectivity index (χ2v) is 20.8. The minimum absolute atomic E-state index is 0.0150. The van der Waals surface area contributed by atoms with Crippen LogP contribution in [-0.2, 0) is 43.0 Å². The molecule has 3 aromatic carbocycles. The number of hydrogen-bond acceptors (Lipinski definition) is 15. The molecule has 3 atom stereocenters. The van der Waals surface area contributed by atoms with Gasteiger partial charge in [-0.2, -0.15) is 0 Å². The van der Waals surface area contributed by atoms with Gasteiger partial charge >= 0.3 is 17.9 Å². The summed E-state index contributed by atoms with van der Waals surface area (Å²) < 4.78 is 16.7. The molecule has 18 heteroatoms. The van der Waals surface area contributed by atoms with Crippen LogP contribution >= 0.6 is 0 Å². The highest BCUT2D eigenvalue weighted by molar-refractivity contribution is 6.14. The van der Waals surface area contributed by atoms with E-state index in [1.807, 2.05) is 36.4 Å². The molecule has 3 rings (SSSR count). The van der Waals surface area contributed by atoms with Crippen molar-refractivity contribution >= 4 is 52.7 Å². The first-order valence-corrected chi connectivity index (χ1v) is 23.9. The molecule has 0 bridgehead atoms. The Labute approximate surface area is 413 Å². The van der Waals surface area contributed by atoms with Crippen LogP contribution in [0.4, 0.5) is 17.1 Å². The summed E-state index contributed by atoms with van der Waals surface area (Å²) in [6.45, 7) is 16.3. The Morgan fingerprint density at radius 2 is 0.614 bits per heavy atom. The van der Waals surface area contributed by atoms with Crippen molar-refractivity contribution < 1.29 is 43.0 Å². The van der Waals surface area contributed by atoms with E-state index in [1.165, 1.54) is 0 Å². The van der Waals surface area contributed by atoms with E-state index in [9.17, 15) is 28.8 Å². The summed E-state index contributed by atoms with van der Waals surface area (Å²) in [5.41, 5.74) is 31.4. The van der Waals surface area contributed by atoms with Gasteiger partial charge < -0.3 is 64.6 Å². The van der Waals surface area contributed by atoms with E-state index < -0.39 is 75.0 Å².